The van der Waals surface area contributed by atoms with Gasteiger partial charge in [0, 0.05) is 12.4 Å². The van der Waals surface area contributed by atoms with Gasteiger partial charge in [0.1, 0.15) is 11.3 Å². The van der Waals surface area contributed by atoms with E-state index in [-0.39, 0.29) is 11.5 Å². The monoisotopic (exact) mass is 272 g/mol. The molecule has 0 fully saturated rings. The number of nitrogens with zero attached hydrogens (tertiary/aromatic N) is 5. The SMILES string of the molecule is Cc1nn(Cc2cn3ccccc3n2)c(N)c1[N+](=O)[O-]. The summed E-state index contributed by atoms with van der Waals surface area (Å²) in [6, 6.07) is 5.67. The van der Waals surface area contributed by atoms with Crippen LogP contribution in [0, 0.1) is 17.0 Å². The number of fused-ring (bicyclic) bond motifs is 1. The van der Waals surface area contributed by atoms with E-state index < -0.39 is 4.92 Å². The molecule has 0 spiro atoms. The molecular formula is C12H12N6O2. The molecule has 2 N–H and O–H groups in total. The molecule has 0 aliphatic rings. The maximum absolute atomic E-state index is 10.9. The molecule has 20 heavy (non-hydrogen) atoms. The summed E-state index contributed by atoms with van der Waals surface area (Å²) in [7, 11) is 0. The van der Waals surface area contributed by atoms with Crippen molar-refractivity contribution in [2.75, 3.05) is 5.73 Å². The highest BCUT2D eigenvalue weighted by atomic mass is 16.6. The molecule has 0 saturated carbocycles. The highest BCUT2D eigenvalue weighted by Gasteiger charge is 2.23. The van der Waals surface area contributed by atoms with Gasteiger partial charge in [-0.2, -0.15) is 5.10 Å². The summed E-state index contributed by atoms with van der Waals surface area (Å²) in [5, 5.41) is 15.0. The Morgan fingerprint density at radius 1 is 1.45 bits per heavy atom. The molecule has 3 heterocycles. The Morgan fingerprint density at radius 2 is 2.25 bits per heavy atom. The van der Waals surface area contributed by atoms with Gasteiger partial charge in [-0.1, -0.05) is 6.07 Å². The zero-order chi connectivity index (χ0) is 14.3. The number of aryl methyl sites for hydroxylation is 1. The van der Waals surface area contributed by atoms with E-state index in [0.29, 0.717) is 12.2 Å². The fourth-order valence-corrected chi connectivity index (χ4v) is 2.15. The van der Waals surface area contributed by atoms with Crippen LogP contribution in [0.5, 0.6) is 0 Å². The summed E-state index contributed by atoms with van der Waals surface area (Å²) in [5.74, 6) is 0.0459. The normalized spacial score (nSPS) is 11.1. The van der Waals surface area contributed by atoms with E-state index in [1.54, 1.807) is 6.92 Å². The Balaban J connectivity index is 1.99. The molecule has 0 saturated heterocycles. The zero-order valence-electron chi connectivity index (χ0n) is 10.7. The van der Waals surface area contributed by atoms with Gasteiger partial charge in [0.05, 0.1) is 17.2 Å². The topological polar surface area (TPSA) is 104 Å². The van der Waals surface area contributed by atoms with E-state index in [9.17, 15) is 10.1 Å². The van der Waals surface area contributed by atoms with E-state index in [0.717, 1.165) is 11.3 Å². The first-order valence-electron chi connectivity index (χ1n) is 5.96. The Hall–Kier alpha value is -2.90. The Labute approximate surface area is 113 Å². The fourth-order valence-electron chi connectivity index (χ4n) is 2.15. The summed E-state index contributed by atoms with van der Waals surface area (Å²) >= 11 is 0. The minimum Gasteiger partial charge on any atom is -0.378 e. The highest BCUT2D eigenvalue weighted by Crippen LogP contribution is 2.25. The number of nitro groups is 1. The van der Waals surface area contributed by atoms with Crippen LogP contribution >= 0.6 is 0 Å². The van der Waals surface area contributed by atoms with Crippen molar-refractivity contribution >= 4 is 17.2 Å². The average molecular weight is 272 g/mol. The van der Waals surface area contributed by atoms with Gasteiger partial charge in [-0.25, -0.2) is 9.67 Å². The largest absolute Gasteiger partial charge is 0.378 e. The Morgan fingerprint density at radius 3 is 2.90 bits per heavy atom. The standard InChI is InChI=1S/C12H12N6O2/c1-8-11(18(19)20)12(13)17(15-8)7-9-6-16-5-3-2-4-10(16)14-9/h2-6H,7,13H2,1H3. The number of imidazole rings is 1. The maximum atomic E-state index is 10.9. The van der Waals surface area contributed by atoms with Crippen LogP contribution < -0.4 is 5.73 Å². The smallest absolute Gasteiger partial charge is 0.333 e. The van der Waals surface area contributed by atoms with Crippen molar-refractivity contribution in [3.8, 4) is 0 Å². The summed E-state index contributed by atoms with van der Waals surface area (Å²) in [5.41, 5.74) is 7.47. The predicted octanol–water partition coefficient (Wildman–Crippen LogP) is 1.38. The lowest BCUT2D eigenvalue weighted by atomic mass is 10.4. The minimum atomic E-state index is -0.516. The predicted molar refractivity (Wildman–Crippen MR) is 72.3 cm³/mol. The molecule has 3 rings (SSSR count). The molecule has 8 heteroatoms. The highest BCUT2D eigenvalue weighted by molar-refractivity contribution is 5.56. The average Bonchev–Trinajstić information content (AvgIpc) is 2.90. The molecule has 0 aromatic carbocycles. The second-order valence-electron chi connectivity index (χ2n) is 4.43. The molecule has 0 radical (unpaired) electrons. The fraction of sp³-hybridized carbons (Fsp3) is 0.167. The maximum Gasteiger partial charge on any atom is 0.333 e. The van der Waals surface area contributed by atoms with Crippen molar-refractivity contribution in [2.45, 2.75) is 13.5 Å². The van der Waals surface area contributed by atoms with Crippen LogP contribution in [-0.4, -0.2) is 24.1 Å². The van der Waals surface area contributed by atoms with Gasteiger partial charge in [0.25, 0.3) is 0 Å². The van der Waals surface area contributed by atoms with E-state index >= 15 is 0 Å². The molecule has 8 nitrogen and oxygen atoms in total. The second kappa shape index (κ2) is 4.34. The zero-order valence-corrected chi connectivity index (χ0v) is 10.7. The number of rotatable bonds is 3. The molecule has 3 aromatic heterocycles. The minimum absolute atomic E-state index is 0.0459. The number of aromatic nitrogens is 4. The Kier molecular flexibility index (Phi) is 2.63. The van der Waals surface area contributed by atoms with Crippen molar-refractivity contribution in [3.63, 3.8) is 0 Å². The number of hydrogen-bond acceptors (Lipinski definition) is 5. The molecule has 0 bridgehead atoms. The summed E-state index contributed by atoms with van der Waals surface area (Å²) < 4.78 is 3.27. The Bertz CT molecular complexity index is 770. The third-order valence-corrected chi connectivity index (χ3v) is 3.04. The third-order valence-electron chi connectivity index (χ3n) is 3.04. The lowest BCUT2D eigenvalue weighted by molar-refractivity contribution is -0.384. The van der Waals surface area contributed by atoms with Crippen molar-refractivity contribution in [1.82, 2.24) is 19.2 Å². The summed E-state index contributed by atoms with van der Waals surface area (Å²) in [6.07, 6.45) is 3.73. The number of anilines is 1. The van der Waals surface area contributed by atoms with Crippen molar-refractivity contribution in [1.29, 1.82) is 0 Å². The molecular weight excluding hydrogens is 260 g/mol. The lowest BCUT2D eigenvalue weighted by Crippen LogP contribution is -2.07. The molecule has 0 aliphatic carbocycles. The van der Waals surface area contributed by atoms with E-state index in [4.69, 9.17) is 5.73 Å². The molecule has 0 amide bonds. The van der Waals surface area contributed by atoms with Crippen LogP contribution in [0.1, 0.15) is 11.4 Å². The van der Waals surface area contributed by atoms with Gasteiger partial charge in [0.15, 0.2) is 0 Å². The van der Waals surface area contributed by atoms with Gasteiger partial charge in [-0.05, 0) is 19.1 Å². The third kappa shape index (κ3) is 1.87. The summed E-state index contributed by atoms with van der Waals surface area (Å²) in [6.45, 7) is 1.86. The van der Waals surface area contributed by atoms with Gasteiger partial charge in [0.2, 0.25) is 5.82 Å². The number of hydrogen-bond donors (Lipinski definition) is 1. The van der Waals surface area contributed by atoms with Crippen LogP contribution in [0.2, 0.25) is 0 Å². The molecule has 0 aliphatic heterocycles. The van der Waals surface area contributed by atoms with E-state index in [1.165, 1.54) is 4.68 Å². The van der Waals surface area contributed by atoms with Crippen LogP contribution in [0.15, 0.2) is 30.6 Å². The quantitative estimate of drug-likeness (QED) is 0.573. The first-order chi connectivity index (χ1) is 9.56. The second-order valence-corrected chi connectivity index (χ2v) is 4.43. The number of nitrogens with two attached hydrogens (primary N) is 1. The lowest BCUT2D eigenvalue weighted by Gasteiger charge is -1.99. The van der Waals surface area contributed by atoms with Crippen LogP contribution in [0.4, 0.5) is 11.5 Å². The van der Waals surface area contributed by atoms with Gasteiger partial charge >= 0.3 is 5.69 Å². The van der Waals surface area contributed by atoms with Gasteiger partial charge in [-0.15, -0.1) is 0 Å². The van der Waals surface area contributed by atoms with Crippen molar-refractivity contribution in [3.05, 3.63) is 52.1 Å². The molecule has 3 aromatic rings. The van der Waals surface area contributed by atoms with Crippen LogP contribution in [0.3, 0.4) is 0 Å². The van der Waals surface area contributed by atoms with E-state index in [2.05, 4.69) is 10.1 Å². The van der Waals surface area contributed by atoms with E-state index in [1.807, 2.05) is 35.0 Å². The number of pyridine rings is 1. The van der Waals surface area contributed by atoms with Crippen molar-refractivity contribution in [2.24, 2.45) is 0 Å². The first-order valence-corrected chi connectivity index (χ1v) is 5.96. The van der Waals surface area contributed by atoms with Crippen LogP contribution in [-0.2, 0) is 6.54 Å². The number of nitrogen functional groups attached to an aromatic ring is 1. The van der Waals surface area contributed by atoms with Gasteiger partial charge < -0.3 is 10.1 Å². The molecule has 0 atom stereocenters. The molecule has 0 unspecified atom stereocenters. The van der Waals surface area contributed by atoms with Crippen molar-refractivity contribution < 1.29 is 4.92 Å². The van der Waals surface area contributed by atoms with Crippen LogP contribution in [0.25, 0.3) is 5.65 Å². The first kappa shape index (κ1) is 12.2. The van der Waals surface area contributed by atoms with Gasteiger partial charge in [-0.3, -0.25) is 10.1 Å². The molecule has 102 valence electrons. The summed E-state index contributed by atoms with van der Waals surface area (Å²) in [4.78, 5) is 14.8.